The molecule has 18 heavy (non-hydrogen) atoms. The van der Waals surface area contributed by atoms with Crippen LogP contribution in [-0.4, -0.2) is 37.3 Å². The van der Waals surface area contributed by atoms with Crippen LogP contribution in [0, 0.1) is 10.1 Å². The summed E-state index contributed by atoms with van der Waals surface area (Å²) in [6.07, 6.45) is 0. The predicted molar refractivity (Wildman–Crippen MR) is 69.5 cm³/mol. The van der Waals surface area contributed by atoms with Crippen molar-refractivity contribution < 1.29 is 13.3 Å². The molecule has 1 aromatic rings. The number of hydrogen-bond acceptors (Lipinski definition) is 6. The minimum Gasteiger partial charge on any atom is -0.329 e. The van der Waals surface area contributed by atoms with Crippen LogP contribution < -0.4 is 5.73 Å². The Labute approximate surface area is 113 Å². The summed E-state index contributed by atoms with van der Waals surface area (Å²) in [5.74, 6) is 0. The number of thiophene rings is 1. The fourth-order valence-corrected chi connectivity index (χ4v) is 4.59. The van der Waals surface area contributed by atoms with E-state index in [1.807, 2.05) is 0 Å². The molecule has 2 N–H and O–H groups in total. The largest absolute Gasteiger partial charge is 0.329 e. The molecule has 0 amide bonds. The molecule has 0 aliphatic carbocycles. The number of nitrogens with zero attached hydrogens (tertiary/aromatic N) is 2. The second kappa shape index (κ2) is 5.93. The Bertz CT molecular complexity index is 543. The lowest BCUT2D eigenvalue weighted by Gasteiger charge is -2.17. The predicted octanol–water partition coefficient (Wildman–Crippen LogP) is 1.28. The van der Waals surface area contributed by atoms with Gasteiger partial charge < -0.3 is 5.73 Å². The van der Waals surface area contributed by atoms with Gasteiger partial charge in [0.25, 0.3) is 15.7 Å². The third kappa shape index (κ3) is 2.98. The van der Waals surface area contributed by atoms with Gasteiger partial charge in [-0.05, 0) is 0 Å². The number of nitrogens with two attached hydrogens (primary N) is 1. The Hall–Kier alpha value is -0.740. The Kier molecular flexibility index (Phi) is 5.05. The molecule has 7 nitrogen and oxygen atoms in total. The van der Waals surface area contributed by atoms with Crippen LogP contribution in [0.2, 0.25) is 4.34 Å². The van der Waals surface area contributed by atoms with E-state index in [9.17, 15) is 18.5 Å². The van der Waals surface area contributed by atoms with Gasteiger partial charge >= 0.3 is 0 Å². The van der Waals surface area contributed by atoms with Gasteiger partial charge in [-0.25, -0.2) is 8.42 Å². The summed E-state index contributed by atoms with van der Waals surface area (Å²) >= 11 is 6.31. The number of hydrogen-bond donors (Lipinski definition) is 1. The standard InChI is InChI=1S/C8H12ClN3O4S2/c1-2-11(4-3-10)18(15,16)7-5-6(12(13)14)8(9)17-7/h5H,2-4,10H2,1H3. The first-order valence-electron chi connectivity index (χ1n) is 4.98. The molecule has 0 aliphatic rings. The van der Waals surface area contributed by atoms with Gasteiger partial charge in [-0.2, -0.15) is 4.31 Å². The summed E-state index contributed by atoms with van der Waals surface area (Å²) in [5.41, 5.74) is 4.93. The molecule has 0 radical (unpaired) electrons. The van der Waals surface area contributed by atoms with E-state index in [4.69, 9.17) is 17.3 Å². The summed E-state index contributed by atoms with van der Waals surface area (Å²) in [5, 5.41) is 10.6. The van der Waals surface area contributed by atoms with E-state index in [2.05, 4.69) is 0 Å². The van der Waals surface area contributed by atoms with E-state index in [0.717, 1.165) is 10.4 Å². The summed E-state index contributed by atoms with van der Waals surface area (Å²) in [7, 11) is -3.77. The fourth-order valence-electron chi connectivity index (χ4n) is 1.31. The van der Waals surface area contributed by atoms with Gasteiger partial charge in [0.2, 0.25) is 0 Å². The minimum absolute atomic E-state index is 0.144. The average Bonchev–Trinajstić information content (AvgIpc) is 2.68. The zero-order chi connectivity index (χ0) is 13.9. The van der Waals surface area contributed by atoms with Gasteiger partial charge in [-0.1, -0.05) is 18.5 Å². The Morgan fingerprint density at radius 2 is 2.22 bits per heavy atom. The van der Waals surface area contributed by atoms with E-state index < -0.39 is 20.6 Å². The molecule has 0 saturated carbocycles. The second-order valence-corrected chi connectivity index (χ2v) is 7.09. The van der Waals surface area contributed by atoms with Crippen LogP contribution in [0.4, 0.5) is 5.69 Å². The highest BCUT2D eigenvalue weighted by Crippen LogP contribution is 2.37. The summed E-state index contributed by atoms with van der Waals surface area (Å²) in [6.45, 7) is 2.23. The molecule has 1 heterocycles. The van der Waals surface area contributed by atoms with E-state index in [1.165, 1.54) is 0 Å². The molecular weight excluding hydrogens is 302 g/mol. The second-order valence-electron chi connectivity index (χ2n) is 3.27. The monoisotopic (exact) mass is 313 g/mol. The van der Waals surface area contributed by atoms with E-state index >= 15 is 0 Å². The normalized spacial score (nSPS) is 12.0. The maximum Gasteiger partial charge on any atom is 0.300 e. The van der Waals surface area contributed by atoms with Gasteiger partial charge in [0.1, 0.15) is 4.21 Å². The van der Waals surface area contributed by atoms with Crippen molar-refractivity contribution in [1.29, 1.82) is 0 Å². The molecule has 1 rings (SSSR count). The van der Waals surface area contributed by atoms with Crippen molar-refractivity contribution in [3.8, 4) is 0 Å². The maximum atomic E-state index is 12.1. The lowest BCUT2D eigenvalue weighted by Crippen LogP contribution is -2.34. The number of rotatable bonds is 6. The zero-order valence-electron chi connectivity index (χ0n) is 9.50. The van der Waals surface area contributed by atoms with Gasteiger partial charge in [0.05, 0.1) is 4.92 Å². The first-order valence-corrected chi connectivity index (χ1v) is 7.62. The Balaban J connectivity index is 3.20. The van der Waals surface area contributed by atoms with Crippen LogP contribution in [0.25, 0.3) is 0 Å². The summed E-state index contributed by atoms with van der Waals surface area (Å²) < 4.78 is 25.1. The molecule has 1 aromatic heterocycles. The van der Waals surface area contributed by atoms with E-state index in [0.29, 0.717) is 11.3 Å². The van der Waals surface area contributed by atoms with Crippen LogP contribution in [0.3, 0.4) is 0 Å². The summed E-state index contributed by atoms with van der Waals surface area (Å²) in [4.78, 5) is 9.92. The molecule has 0 aliphatic heterocycles. The van der Waals surface area contributed by atoms with E-state index in [1.54, 1.807) is 6.92 Å². The van der Waals surface area contributed by atoms with Crippen molar-refractivity contribution in [2.24, 2.45) is 5.73 Å². The highest BCUT2D eigenvalue weighted by atomic mass is 35.5. The van der Waals surface area contributed by atoms with Crippen molar-refractivity contribution in [2.45, 2.75) is 11.1 Å². The highest BCUT2D eigenvalue weighted by Gasteiger charge is 2.29. The third-order valence-electron chi connectivity index (χ3n) is 2.17. The molecule has 0 bridgehead atoms. The molecule has 102 valence electrons. The van der Waals surface area contributed by atoms with Crippen molar-refractivity contribution in [3.63, 3.8) is 0 Å². The third-order valence-corrected chi connectivity index (χ3v) is 5.93. The molecule has 0 atom stereocenters. The molecule has 10 heteroatoms. The number of likely N-dealkylation sites (N-methyl/N-ethyl adjacent to an activating group) is 1. The first-order chi connectivity index (χ1) is 8.34. The van der Waals surface area contributed by atoms with Gasteiger partial charge in [0.15, 0.2) is 4.34 Å². The smallest absolute Gasteiger partial charge is 0.300 e. The molecule has 0 spiro atoms. The van der Waals surface area contributed by atoms with Gasteiger partial charge in [-0.15, -0.1) is 11.3 Å². The topological polar surface area (TPSA) is 107 Å². The number of sulfonamides is 1. The lowest BCUT2D eigenvalue weighted by molar-refractivity contribution is -0.384. The fraction of sp³-hybridized carbons (Fsp3) is 0.500. The minimum atomic E-state index is -3.77. The van der Waals surface area contributed by atoms with Crippen LogP contribution in [-0.2, 0) is 10.0 Å². The van der Waals surface area contributed by atoms with Crippen LogP contribution >= 0.6 is 22.9 Å². The van der Waals surface area contributed by atoms with Gasteiger partial charge in [-0.3, -0.25) is 10.1 Å². The first kappa shape index (κ1) is 15.3. The maximum absolute atomic E-state index is 12.1. The average molecular weight is 314 g/mol. The molecule has 0 unspecified atom stereocenters. The van der Waals surface area contributed by atoms with E-state index in [-0.39, 0.29) is 28.2 Å². The molecular formula is C8H12ClN3O4S2. The number of halogens is 1. The summed E-state index contributed by atoms with van der Waals surface area (Å²) in [6, 6.07) is 0.974. The van der Waals surface area contributed by atoms with Crippen LogP contribution in [0.15, 0.2) is 10.3 Å². The molecule has 0 aromatic carbocycles. The SMILES string of the molecule is CCN(CCN)S(=O)(=O)c1cc([N+](=O)[O-])c(Cl)s1. The lowest BCUT2D eigenvalue weighted by atomic mass is 10.6. The van der Waals surface area contributed by atoms with Gasteiger partial charge in [0, 0.05) is 25.7 Å². The van der Waals surface area contributed by atoms with Crippen molar-refractivity contribution in [3.05, 3.63) is 20.5 Å². The quantitative estimate of drug-likeness (QED) is 0.629. The van der Waals surface area contributed by atoms with Crippen molar-refractivity contribution >= 4 is 38.6 Å². The Morgan fingerprint density at radius 3 is 2.61 bits per heavy atom. The molecule has 0 fully saturated rings. The molecule has 0 saturated heterocycles. The van der Waals surface area contributed by atoms with Crippen LogP contribution in [0.5, 0.6) is 0 Å². The highest BCUT2D eigenvalue weighted by molar-refractivity contribution is 7.91. The van der Waals surface area contributed by atoms with Crippen LogP contribution in [0.1, 0.15) is 6.92 Å². The zero-order valence-corrected chi connectivity index (χ0v) is 11.9. The van der Waals surface area contributed by atoms with Crippen molar-refractivity contribution in [1.82, 2.24) is 4.31 Å². The Morgan fingerprint density at radius 1 is 1.61 bits per heavy atom. The van der Waals surface area contributed by atoms with Crippen molar-refractivity contribution in [2.75, 3.05) is 19.6 Å². The number of nitro groups is 1.